The molecule has 1 amide bonds. The predicted molar refractivity (Wildman–Crippen MR) is 114 cm³/mol. The summed E-state index contributed by atoms with van der Waals surface area (Å²) in [7, 11) is 0. The van der Waals surface area contributed by atoms with Crippen molar-refractivity contribution in [1.82, 2.24) is 5.32 Å². The Hall–Kier alpha value is -1.90. The molecule has 1 aromatic carbocycles. The zero-order valence-corrected chi connectivity index (χ0v) is 17.6. The van der Waals surface area contributed by atoms with E-state index >= 15 is 0 Å². The summed E-state index contributed by atoms with van der Waals surface area (Å²) in [6, 6.07) is 9.61. The molecule has 3 fully saturated rings. The van der Waals surface area contributed by atoms with Crippen molar-refractivity contribution >= 4 is 11.7 Å². The van der Waals surface area contributed by atoms with Crippen molar-refractivity contribution in [3.8, 4) is 0 Å². The molecule has 0 spiro atoms. The summed E-state index contributed by atoms with van der Waals surface area (Å²) >= 11 is 0. The Labute approximate surface area is 174 Å². The molecule has 5 atom stereocenters. The quantitative estimate of drug-likeness (QED) is 0.758. The minimum absolute atomic E-state index is 0.0689. The number of carbonyl (C=O) groups excluding carboxylic acids is 2. The van der Waals surface area contributed by atoms with Crippen LogP contribution in [0.25, 0.3) is 0 Å². The third-order valence-electron chi connectivity index (χ3n) is 9.13. The number of hydrogen-bond donors (Lipinski definition) is 1. The van der Waals surface area contributed by atoms with Gasteiger partial charge in [0, 0.05) is 18.5 Å². The van der Waals surface area contributed by atoms with Gasteiger partial charge in [0.1, 0.15) is 0 Å². The zero-order chi connectivity index (χ0) is 20.1. The second kappa shape index (κ2) is 7.11. The molecule has 5 rings (SSSR count). The van der Waals surface area contributed by atoms with Crippen LogP contribution >= 0.6 is 0 Å². The summed E-state index contributed by atoms with van der Waals surface area (Å²) in [6.45, 7) is 3.27. The molecule has 154 valence electrons. The summed E-state index contributed by atoms with van der Waals surface area (Å²) in [4.78, 5) is 24.7. The molecule has 29 heavy (non-hydrogen) atoms. The molecule has 1 aromatic rings. The lowest BCUT2D eigenvalue weighted by molar-refractivity contribution is -0.117. The van der Waals surface area contributed by atoms with Gasteiger partial charge in [-0.3, -0.25) is 9.59 Å². The minimum Gasteiger partial charge on any atom is -0.351 e. The number of fused-ring (bicyclic) bond motifs is 5. The fourth-order valence-electron chi connectivity index (χ4n) is 7.61. The minimum atomic E-state index is 0.0689. The van der Waals surface area contributed by atoms with E-state index in [4.69, 9.17) is 0 Å². The second-order valence-corrected chi connectivity index (χ2v) is 10.3. The van der Waals surface area contributed by atoms with Crippen LogP contribution in [0, 0.1) is 28.6 Å². The van der Waals surface area contributed by atoms with Crippen LogP contribution in [-0.2, 0) is 4.79 Å². The van der Waals surface area contributed by atoms with E-state index < -0.39 is 0 Å². The van der Waals surface area contributed by atoms with E-state index in [0.717, 1.165) is 49.1 Å². The van der Waals surface area contributed by atoms with Gasteiger partial charge in [-0.05, 0) is 91.7 Å². The van der Waals surface area contributed by atoms with Crippen LogP contribution in [0.2, 0.25) is 0 Å². The van der Waals surface area contributed by atoms with E-state index in [1.54, 1.807) is 0 Å². The van der Waals surface area contributed by atoms with Crippen LogP contribution in [0.5, 0.6) is 0 Å². The first-order valence-electron chi connectivity index (χ1n) is 11.6. The van der Waals surface area contributed by atoms with Gasteiger partial charge >= 0.3 is 0 Å². The number of nitrogens with one attached hydrogen (secondary N) is 1. The smallest absolute Gasteiger partial charge is 0.251 e. The molecular formula is C26H33NO2. The highest BCUT2D eigenvalue weighted by atomic mass is 16.1. The maximum Gasteiger partial charge on any atom is 0.251 e. The lowest BCUT2D eigenvalue weighted by Gasteiger charge is -2.58. The Bertz CT molecular complexity index is 844. The molecule has 3 saturated carbocycles. The highest BCUT2D eigenvalue weighted by Crippen LogP contribution is 2.65. The van der Waals surface area contributed by atoms with E-state index in [-0.39, 0.29) is 16.7 Å². The topological polar surface area (TPSA) is 46.2 Å². The highest BCUT2D eigenvalue weighted by Gasteiger charge is 2.57. The molecule has 4 aliphatic carbocycles. The monoisotopic (exact) mass is 391 g/mol. The summed E-state index contributed by atoms with van der Waals surface area (Å²) in [5.74, 6) is 2.62. The molecule has 0 bridgehead atoms. The number of rotatable bonds is 3. The Balaban J connectivity index is 1.35. The van der Waals surface area contributed by atoms with Crippen LogP contribution in [0.3, 0.4) is 0 Å². The molecule has 0 aromatic heterocycles. The summed E-state index contributed by atoms with van der Waals surface area (Å²) in [6.07, 6.45) is 12.5. The van der Waals surface area contributed by atoms with Crippen LogP contribution in [0.4, 0.5) is 0 Å². The third kappa shape index (κ3) is 3.08. The van der Waals surface area contributed by atoms with E-state index in [9.17, 15) is 9.59 Å². The van der Waals surface area contributed by atoms with Crippen molar-refractivity contribution in [2.45, 2.75) is 64.7 Å². The van der Waals surface area contributed by atoms with Gasteiger partial charge in [-0.15, -0.1) is 0 Å². The zero-order valence-electron chi connectivity index (χ0n) is 17.6. The van der Waals surface area contributed by atoms with E-state index in [1.165, 1.54) is 44.1 Å². The molecule has 0 heterocycles. The lowest BCUT2D eigenvalue weighted by atomic mass is 9.47. The summed E-state index contributed by atoms with van der Waals surface area (Å²) in [5, 5.41) is 3.30. The Morgan fingerprint density at radius 2 is 1.86 bits per heavy atom. The fraction of sp³-hybridized carbons (Fsp3) is 0.615. The van der Waals surface area contributed by atoms with Crippen molar-refractivity contribution in [3.05, 3.63) is 47.5 Å². The molecule has 0 unspecified atom stereocenters. The van der Waals surface area contributed by atoms with Crippen LogP contribution < -0.4 is 5.32 Å². The highest BCUT2D eigenvalue weighted by molar-refractivity contribution is 5.94. The molecule has 3 nitrogen and oxygen atoms in total. The fourth-order valence-corrected chi connectivity index (χ4v) is 7.61. The largest absolute Gasteiger partial charge is 0.351 e. The van der Waals surface area contributed by atoms with Gasteiger partial charge in [0.05, 0.1) is 0 Å². The van der Waals surface area contributed by atoms with Gasteiger partial charge < -0.3 is 5.32 Å². The number of benzene rings is 1. The van der Waals surface area contributed by atoms with Crippen molar-refractivity contribution < 1.29 is 9.59 Å². The third-order valence-corrected chi connectivity index (χ3v) is 9.13. The molecular weight excluding hydrogens is 358 g/mol. The first-order chi connectivity index (χ1) is 14.0. The lowest BCUT2D eigenvalue weighted by Crippen LogP contribution is -2.52. The SMILES string of the molecule is C[C@]12CCC(=O)C=C1CC[C@H]1[C@@H]3CCC[C@@]3(CNC(=O)c3ccccc3)CC[C@@H]12. The normalized spacial score (nSPS) is 38.4. The average Bonchev–Trinajstić information content (AvgIpc) is 3.18. The second-order valence-electron chi connectivity index (χ2n) is 10.3. The Morgan fingerprint density at radius 3 is 2.69 bits per heavy atom. The molecule has 0 radical (unpaired) electrons. The van der Waals surface area contributed by atoms with Gasteiger partial charge in [-0.25, -0.2) is 0 Å². The summed E-state index contributed by atoms with van der Waals surface area (Å²) in [5.41, 5.74) is 2.73. The molecule has 0 aliphatic heterocycles. The van der Waals surface area contributed by atoms with Gasteiger partial charge in [0.15, 0.2) is 5.78 Å². The molecule has 4 aliphatic rings. The van der Waals surface area contributed by atoms with Crippen molar-refractivity contribution in [2.75, 3.05) is 6.54 Å². The Kier molecular flexibility index (Phi) is 4.68. The number of hydrogen-bond acceptors (Lipinski definition) is 2. The van der Waals surface area contributed by atoms with Gasteiger partial charge in [-0.1, -0.05) is 37.1 Å². The van der Waals surface area contributed by atoms with Crippen molar-refractivity contribution in [1.29, 1.82) is 0 Å². The standard InChI is InChI=1S/C26H33NO2/c1-25-14-11-20(28)16-19(25)9-10-21-22(25)12-15-26(13-5-8-23(21)26)17-27-24(29)18-6-3-2-4-7-18/h2-4,6-7,16,21-23H,5,8-15,17H2,1H3,(H,27,29)/t21-,22+,23+,25+,26+/m1/s1. The maximum atomic E-state index is 12.7. The van der Waals surface area contributed by atoms with Crippen molar-refractivity contribution in [2.24, 2.45) is 28.6 Å². The maximum absolute atomic E-state index is 12.7. The first kappa shape index (κ1) is 19.1. The number of amides is 1. The predicted octanol–water partition coefficient (Wildman–Crippen LogP) is 5.32. The summed E-state index contributed by atoms with van der Waals surface area (Å²) < 4.78 is 0. The molecule has 0 saturated heterocycles. The van der Waals surface area contributed by atoms with Gasteiger partial charge in [0.2, 0.25) is 0 Å². The van der Waals surface area contributed by atoms with E-state index in [2.05, 4.69) is 12.2 Å². The van der Waals surface area contributed by atoms with E-state index in [1.807, 2.05) is 36.4 Å². The average molecular weight is 392 g/mol. The van der Waals surface area contributed by atoms with Crippen LogP contribution in [0.1, 0.15) is 75.1 Å². The number of allylic oxidation sites excluding steroid dienone is 1. The van der Waals surface area contributed by atoms with Crippen LogP contribution in [-0.4, -0.2) is 18.2 Å². The Morgan fingerprint density at radius 1 is 1.03 bits per heavy atom. The van der Waals surface area contributed by atoms with Gasteiger partial charge in [-0.2, -0.15) is 0 Å². The molecule has 3 heteroatoms. The van der Waals surface area contributed by atoms with Gasteiger partial charge in [0.25, 0.3) is 5.91 Å². The molecule has 1 N–H and O–H groups in total. The van der Waals surface area contributed by atoms with E-state index in [0.29, 0.717) is 5.78 Å². The first-order valence-corrected chi connectivity index (χ1v) is 11.6. The van der Waals surface area contributed by atoms with Crippen molar-refractivity contribution in [3.63, 3.8) is 0 Å². The number of ketones is 1. The number of carbonyl (C=O) groups is 2. The van der Waals surface area contributed by atoms with Crippen LogP contribution in [0.15, 0.2) is 42.0 Å².